The fourth-order valence-corrected chi connectivity index (χ4v) is 5.47. The number of rotatable bonds is 7. The quantitative estimate of drug-likeness (QED) is 0.465. The minimum absolute atomic E-state index is 0.0626. The summed E-state index contributed by atoms with van der Waals surface area (Å²) in [4.78, 5) is 10.6. The molecule has 1 aliphatic heterocycles. The lowest BCUT2D eigenvalue weighted by Gasteiger charge is -2.31. The highest BCUT2D eigenvalue weighted by molar-refractivity contribution is 7.89. The fraction of sp³-hybridized carbons (Fsp3) is 0.409. The van der Waals surface area contributed by atoms with Crippen LogP contribution in [0.4, 0.5) is 17.6 Å². The van der Waals surface area contributed by atoms with Gasteiger partial charge >= 0.3 is 5.97 Å². The summed E-state index contributed by atoms with van der Waals surface area (Å²) in [7, 11) is -4.20. The lowest BCUT2D eigenvalue weighted by atomic mass is 9.99. The highest BCUT2D eigenvalue weighted by atomic mass is 32.2. The maximum Gasteiger partial charge on any atom is 0.338 e. The van der Waals surface area contributed by atoms with E-state index in [2.05, 4.69) is 0 Å². The number of carboxylic acid groups (broad SMARTS) is 1. The van der Waals surface area contributed by atoms with E-state index in [0.29, 0.717) is 25.0 Å². The standard InChI is InChI=1S/C22H21F4NO5S/c23-16-9-14(10-17(24)21(16)26)33(30,31)27-7-5-12(6-8-27)11-32-18-4-3-15(22(28)29)20(25)19(18)13-1-2-13/h3-4,9-10,12-13H,1-2,5-8,11H2,(H,28,29). The van der Waals surface area contributed by atoms with Crippen molar-refractivity contribution in [2.75, 3.05) is 19.7 Å². The Morgan fingerprint density at radius 3 is 2.15 bits per heavy atom. The molecule has 1 heterocycles. The van der Waals surface area contributed by atoms with Crippen molar-refractivity contribution in [2.24, 2.45) is 5.92 Å². The number of carboxylic acids is 1. The van der Waals surface area contributed by atoms with Crippen LogP contribution in [0.5, 0.6) is 5.75 Å². The summed E-state index contributed by atoms with van der Waals surface area (Å²) in [5.41, 5.74) is -0.147. The molecule has 1 saturated heterocycles. The number of hydrogen-bond acceptors (Lipinski definition) is 4. The molecule has 11 heteroatoms. The second-order valence-electron chi connectivity index (χ2n) is 8.28. The Labute approximate surface area is 187 Å². The molecule has 33 heavy (non-hydrogen) atoms. The summed E-state index contributed by atoms with van der Waals surface area (Å²) in [6, 6.07) is 3.52. The summed E-state index contributed by atoms with van der Waals surface area (Å²) < 4.78 is 87.0. The molecule has 1 N–H and O–H groups in total. The second kappa shape index (κ2) is 8.94. The van der Waals surface area contributed by atoms with Crippen molar-refractivity contribution >= 4 is 16.0 Å². The van der Waals surface area contributed by atoms with Gasteiger partial charge in [-0.3, -0.25) is 0 Å². The van der Waals surface area contributed by atoms with E-state index in [-0.39, 0.29) is 42.8 Å². The fourth-order valence-electron chi connectivity index (χ4n) is 3.97. The van der Waals surface area contributed by atoms with Crippen LogP contribution in [0.15, 0.2) is 29.2 Å². The van der Waals surface area contributed by atoms with E-state index >= 15 is 0 Å². The van der Waals surface area contributed by atoms with Gasteiger partial charge in [0.15, 0.2) is 17.5 Å². The van der Waals surface area contributed by atoms with Gasteiger partial charge in [0.05, 0.1) is 17.1 Å². The maximum atomic E-state index is 14.7. The molecule has 0 unspecified atom stereocenters. The van der Waals surface area contributed by atoms with Crippen molar-refractivity contribution in [3.63, 3.8) is 0 Å². The van der Waals surface area contributed by atoms with Gasteiger partial charge in [0, 0.05) is 18.7 Å². The molecule has 4 rings (SSSR count). The van der Waals surface area contributed by atoms with Gasteiger partial charge in [0.1, 0.15) is 11.6 Å². The average molecular weight is 487 g/mol. The Bertz CT molecular complexity index is 1170. The van der Waals surface area contributed by atoms with Crippen molar-refractivity contribution < 1.29 is 40.6 Å². The lowest BCUT2D eigenvalue weighted by molar-refractivity contribution is 0.0691. The predicted octanol–water partition coefficient (Wildman–Crippen LogP) is 4.30. The van der Waals surface area contributed by atoms with Gasteiger partial charge in [-0.15, -0.1) is 0 Å². The van der Waals surface area contributed by atoms with Crippen molar-refractivity contribution in [3.05, 3.63) is 58.7 Å². The molecule has 0 bridgehead atoms. The third kappa shape index (κ3) is 4.70. The zero-order valence-corrected chi connectivity index (χ0v) is 18.2. The molecular weight excluding hydrogens is 466 g/mol. The third-order valence-electron chi connectivity index (χ3n) is 6.00. The topological polar surface area (TPSA) is 83.9 Å². The lowest BCUT2D eigenvalue weighted by Crippen LogP contribution is -2.39. The first-order valence-electron chi connectivity index (χ1n) is 10.4. The van der Waals surface area contributed by atoms with Gasteiger partial charge in [0.2, 0.25) is 10.0 Å². The number of piperidine rings is 1. The van der Waals surface area contributed by atoms with Crippen molar-refractivity contribution in [3.8, 4) is 5.75 Å². The summed E-state index contributed by atoms with van der Waals surface area (Å²) >= 11 is 0. The van der Waals surface area contributed by atoms with Crippen LogP contribution in [0, 0.1) is 29.2 Å². The Morgan fingerprint density at radius 2 is 1.61 bits per heavy atom. The van der Waals surface area contributed by atoms with Crippen molar-refractivity contribution in [1.29, 1.82) is 0 Å². The van der Waals surface area contributed by atoms with Crippen LogP contribution in [-0.2, 0) is 10.0 Å². The second-order valence-corrected chi connectivity index (χ2v) is 10.2. The van der Waals surface area contributed by atoms with Gasteiger partial charge in [-0.1, -0.05) is 0 Å². The number of nitrogens with zero attached hydrogens (tertiary/aromatic N) is 1. The highest BCUT2D eigenvalue weighted by Gasteiger charge is 2.34. The Balaban J connectivity index is 1.41. The molecule has 178 valence electrons. The van der Waals surface area contributed by atoms with Crippen LogP contribution < -0.4 is 4.74 Å². The SMILES string of the molecule is O=C(O)c1ccc(OCC2CCN(S(=O)(=O)c3cc(F)c(F)c(F)c3)CC2)c(C2CC2)c1F. The zero-order valence-electron chi connectivity index (χ0n) is 17.4. The molecule has 0 spiro atoms. The minimum atomic E-state index is -4.20. The molecule has 0 atom stereocenters. The number of halogens is 4. The molecule has 0 radical (unpaired) electrons. The van der Waals surface area contributed by atoms with Gasteiger partial charge in [-0.25, -0.2) is 30.8 Å². The monoisotopic (exact) mass is 487 g/mol. The number of ether oxygens (including phenoxy) is 1. The van der Waals surface area contributed by atoms with E-state index in [1.807, 2.05) is 0 Å². The van der Waals surface area contributed by atoms with E-state index < -0.39 is 49.7 Å². The predicted molar refractivity (Wildman–Crippen MR) is 109 cm³/mol. The summed E-state index contributed by atoms with van der Waals surface area (Å²) in [6.07, 6.45) is 2.27. The third-order valence-corrected chi connectivity index (χ3v) is 7.88. The number of sulfonamides is 1. The molecule has 2 fully saturated rings. The first kappa shape index (κ1) is 23.5. The van der Waals surface area contributed by atoms with Gasteiger partial charge in [0.25, 0.3) is 0 Å². The largest absolute Gasteiger partial charge is 0.493 e. The first-order chi connectivity index (χ1) is 15.6. The van der Waals surface area contributed by atoms with E-state index in [0.717, 1.165) is 23.2 Å². The Hall–Kier alpha value is -2.66. The van der Waals surface area contributed by atoms with Crippen molar-refractivity contribution in [1.82, 2.24) is 4.31 Å². The normalized spacial score (nSPS) is 17.8. The first-order valence-corrected chi connectivity index (χ1v) is 11.9. The Kier molecular flexibility index (Phi) is 6.37. The molecule has 0 aromatic heterocycles. The van der Waals surface area contributed by atoms with Crippen LogP contribution in [0.2, 0.25) is 0 Å². The highest BCUT2D eigenvalue weighted by Crippen LogP contribution is 2.46. The number of benzene rings is 2. The molecule has 1 saturated carbocycles. The Morgan fingerprint density at radius 1 is 1.00 bits per heavy atom. The van der Waals surface area contributed by atoms with Crippen LogP contribution in [0.25, 0.3) is 0 Å². The summed E-state index contributed by atoms with van der Waals surface area (Å²) in [5, 5.41) is 9.14. The van der Waals surface area contributed by atoms with Gasteiger partial charge in [-0.2, -0.15) is 4.31 Å². The number of carbonyl (C=O) groups is 1. The average Bonchev–Trinajstić information content (AvgIpc) is 3.60. The summed E-state index contributed by atoms with van der Waals surface area (Å²) in [6.45, 7) is 0.316. The smallest absolute Gasteiger partial charge is 0.338 e. The van der Waals surface area contributed by atoms with Crippen LogP contribution in [0.1, 0.15) is 47.5 Å². The van der Waals surface area contributed by atoms with E-state index in [1.54, 1.807) is 0 Å². The van der Waals surface area contributed by atoms with Crippen molar-refractivity contribution in [2.45, 2.75) is 36.5 Å². The van der Waals surface area contributed by atoms with Crippen LogP contribution >= 0.6 is 0 Å². The minimum Gasteiger partial charge on any atom is -0.493 e. The maximum absolute atomic E-state index is 14.7. The molecule has 2 aromatic carbocycles. The molecule has 2 aliphatic rings. The molecule has 6 nitrogen and oxygen atoms in total. The molecule has 1 aliphatic carbocycles. The van der Waals surface area contributed by atoms with Crippen LogP contribution in [-0.4, -0.2) is 43.5 Å². The molecule has 0 amide bonds. The summed E-state index contributed by atoms with van der Waals surface area (Å²) in [5.74, 6) is -6.89. The van der Waals surface area contributed by atoms with Gasteiger partial charge < -0.3 is 9.84 Å². The van der Waals surface area contributed by atoms with E-state index in [9.17, 15) is 30.8 Å². The van der Waals surface area contributed by atoms with E-state index in [1.165, 1.54) is 6.07 Å². The molecule has 2 aromatic rings. The van der Waals surface area contributed by atoms with Gasteiger partial charge in [-0.05, 0) is 61.8 Å². The zero-order chi connectivity index (χ0) is 23.9. The number of aromatic carboxylic acids is 1. The van der Waals surface area contributed by atoms with Crippen LogP contribution in [0.3, 0.4) is 0 Å². The molecular formula is C22H21F4NO5S. The number of hydrogen-bond donors (Lipinski definition) is 1. The van der Waals surface area contributed by atoms with E-state index in [4.69, 9.17) is 9.84 Å².